The summed E-state index contributed by atoms with van der Waals surface area (Å²) >= 11 is 6.45. The fourth-order valence-electron chi connectivity index (χ4n) is 6.01. The van der Waals surface area contributed by atoms with Crippen LogP contribution in [0.4, 0.5) is 11.8 Å². The molecule has 6 rings (SSSR count). The number of halogens is 1. The van der Waals surface area contributed by atoms with Crippen LogP contribution < -0.4 is 10.2 Å². The first kappa shape index (κ1) is 31.5. The van der Waals surface area contributed by atoms with Crippen molar-refractivity contribution in [1.29, 1.82) is 0 Å². The fourth-order valence-corrected chi connectivity index (χ4v) is 6.23. The molecular formula is C35H41ClN8O2. The van der Waals surface area contributed by atoms with Gasteiger partial charge < -0.3 is 24.2 Å². The van der Waals surface area contributed by atoms with Crippen molar-refractivity contribution in [2.75, 3.05) is 42.9 Å². The van der Waals surface area contributed by atoms with Crippen LogP contribution in [0.3, 0.4) is 0 Å². The van der Waals surface area contributed by atoms with Gasteiger partial charge in [0, 0.05) is 38.3 Å². The molecule has 2 aromatic carbocycles. The van der Waals surface area contributed by atoms with E-state index in [9.17, 15) is 4.79 Å². The number of nitrogens with zero attached hydrogens (tertiary/aromatic N) is 7. The van der Waals surface area contributed by atoms with E-state index in [0.717, 1.165) is 29.9 Å². The summed E-state index contributed by atoms with van der Waals surface area (Å²) in [6.45, 7) is 9.93. The number of aromatic nitrogens is 5. The van der Waals surface area contributed by atoms with Gasteiger partial charge in [0.1, 0.15) is 17.0 Å². The normalized spacial score (nSPS) is 14.2. The van der Waals surface area contributed by atoms with Crippen LogP contribution in [0.1, 0.15) is 61.2 Å². The smallest absolute Gasteiger partial charge is 0.259 e. The number of unbranched alkanes of at least 4 members (excludes halogenated alkanes) is 1. The van der Waals surface area contributed by atoms with Gasteiger partial charge >= 0.3 is 0 Å². The van der Waals surface area contributed by atoms with E-state index in [1.54, 1.807) is 13.0 Å². The number of hydrogen-bond donors (Lipinski definition) is 1. The van der Waals surface area contributed by atoms with Crippen molar-refractivity contribution in [2.24, 2.45) is 5.92 Å². The SMILES string of the molecule is CCCCC(CC)CNc1nc(N2CCN(C(=O)c3c(-c4ccccc4Cl)noc3C)CC2)nc2c1ncn2Cc1ccccc1. The van der Waals surface area contributed by atoms with Crippen molar-refractivity contribution in [1.82, 2.24) is 29.6 Å². The Balaban J connectivity index is 1.24. The Morgan fingerprint density at radius 2 is 1.78 bits per heavy atom. The molecule has 46 heavy (non-hydrogen) atoms. The average Bonchev–Trinajstić information content (AvgIpc) is 3.68. The van der Waals surface area contributed by atoms with Crippen molar-refractivity contribution < 1.29 is 9.32 Å². The first-order valence-corrected chi connectivity index (χ1v) is 16.6. The molecule has 1 saturated heterocycles. The lowest BCUT2D eigenvalue weighted by Gasteiger charge is -2.35. The van der Waals surface area contributed by atoms with Crippen LogP contribution in [-0.4, -0.2) is 68.2 Å². The predicted octanol–water partition coefficient (Wildman–Crippen LogP) is 7.08. The molecule has 1 aliphatic rings. The van der Waals surface area contributed by atoms with Gasteiger partial charge in [-0.1, -0.05) is 98.4 Å². The number of aryl methyl sites for hydroxylation is 1. The molecule has 10 nitrogen and oxygen atoms in total. The summed E-state index contributed by atoms with van der Waals surface area (Å²) in [5.74, 6) is 2.31. The predicted molar refractivity (Wildman–Crippen MR) is 182 cm³/mol. The quantitative estimate of drug-likeness (QED) is 0.154. The summed E-state index contributed by atoms with van der Waals surface area (Å²) in [6, 6.07) is 17.7. The highest BCUT2D eigenvalue weighted by Gasteiger charge is 2.30. The molecule has 1 aliphatic heterocycles. The van der Waals surface area contributed by atoms with Crippen molar-refractivity contribution in [2.45, 2.75) is 53.0 Å². The number of hydrogen-bond acceptors (Lipinski definition) is 8. The minimum Gasteiger partial charge on any atom is -0.368 e. The maximum Gasteiger partial charge on any atom is 0.259 e. The third-order valence-electron chi connectivity index (χ3n) is 8.80. The first-order valence-electron chi connectivity index (χ1n) is 16.2. The van der Waals surface area contributed by atoms with Gasteiger partial charge in [-0.3, -0.25) is 4.79 Å². The Labute approximate surface area is 274 Å². The number of rotatable bonds is 12. The molecule has 1 fully saturated rings. The minimum atomic E-state index is -0.120. The number of amides is 1. The lowest BCUT2D eigenvalue weighted by molar-refractivity contribution is 0.0745. The molecule has 11 heteroatoms. The number of anilines is 2. The van der Waals surface area contributed by atoms with Crippen LogP contribution in [-0.2, 0) is 6.54 Å². The van der Waals surface area contributed by atoms with Crippen molar-refractivity contribution >= 4 is 40.4 Å². The van der Waals surface area contributed by atoms with E-state index in [0.29, 0.717) is 72.2 Å². The Bertz CT molecular complexity index is 1780. The molecule has 0 aliphatic carbocycles. The summed E-state index contributed by atoms with van der Waals surface area (Å²) in [4.78, 5) is 32.6. The second kappa shape index (κ2) is 14.3. The molecule has 3 aromatic heterocycles. The Hall–Kier alpha value is -4.44. The second-order valence-corrected chi connectivity index (χ2v) is 12.3. The van der Waals surface area contributed by atoms with Crippen molar-refractivity contribution in [3.63, 3.8) is 0 Å². The van der Waals surface area contributed by atoms with Crippen LogP contribution in [0.25, 0.3) is 22.4 Å². The molecule has 4 heterocycles. The Morgan fingerprint density at radius 1 is 1.02 bits per heavy atom. The molecule has 0 radical (unpaired) electrons. The molecule has 0 spiro atoms. The third-order valence-corrected chi connectivity index (χ3v) is 9.13. The third kappa shape index (κ3) is 6.72. The van der Waals surface area contributed by atoms with E-state index in [-0.39, 0.29) is 5.91 Å². The molecule has 5 aromatic rings. The maximum absolute atomic E-state index is 13.8. The topological polar surface area (TPSA) is 105 Å². The van der Waals surface area contributed by atoms with Gasteiger partial charge in [-0.05, 0) is 30.9 Å². The largest absolute Gasteiger partial charge is 0.368 e. The fraction of sp³-hybridized carbons (Fsp3) is 0.400. The molecule has 1 N–H and O–H groups in total. The van der Waals surface area contributed by atoms with E-state index in [4.69, 9.17) is 31.1 Å². The minimum absolute atomic E-state index is 0.120. The molecule has 1 amide bonds. The van der Waals surface area contributed by atoms with Crippen molar-refractivity contribution in [3.8, 4) is 11.3 Å². The summed E-state index contributed by atoms with van der Waals surface area (Å²) in [7, 11) is 0. The van der Waals surface area contributed by atoms with Crippen LogP contribution in [0, 0.1) is 12.8 Å². The molecule has 1 unspecified atom stereocenters. The van der Waals surface area contributed by atoms with Gasteiger partial charge in [-0.25, -0.2) is 4.98 Å². The zero-order valence-corrected chi connectivity index (χ0v) is 27.5. The molecule has 0 bridgehead atoms. The van der Waals surface area contributed by atoms with E-state index in [1.807, 2.05) is 47.6 Å². The number of benzene rings is 2. The number of carbonyl (C=O) groups is 1. The van der Waals surface area contributed by atoms with Gasteiger partial charge in [0.15, 0.2) is 17.0 Å². The van der Waals surface area contributed by atoms with E-state index in [2.05, 4.69) is 45.9 Å². The average molecular weight is 641 g/mol. The zero-order valence-electron chi connectivity index (χ0n) is 26.7. The summed E-state index contributed by atoms with van der Waals surface area (Å²) in [5, 5.41) is 8.35. The van der Waals surface area contributed by atoms with Crippen LogP contribution in [0.15, 0.2) is 65.4 Å². The summed E-state index contributed by atoms with van der Waals surface area (Å²) in [5.41, 5.74) is 4.33. The molecule has 0 saturated carbocycles. The van der Waals surface area contributed by atoms with Gasteiger partial charge in [-0.2, -0.15) is 9.97 Å². The van der Waals surface area contributed by atoms with Gasteiger partial charge in [0.2, 0.25) is 5.95 Å². The number of imidazole rings is 1. The Kier molecular flexibility index (Phi) is 9.82. The zero-order chi connectivity index (χ0) is 32.0. The highest BCUT2D eigenvalue weighted by molar-refractivity contribution is 6.33. The lowest BCUT2D eigenvalue weighted by atomic mass is 9.99. The molecular weight excluding hydrogens is 600 g/mol. The number of piperazine rings is 1. The molecule has 1 atom stereocenters. The number of fused-ring (bicyclic) bond motifs is 1. The van der Waals surface area contributed by atoms with Crippen LogP contribution in [0.5, 0.6) is 0 Å². The van der Waals surface area contributed by atoms with Gasteiger partial charge in [-0.15, -0.1) is 0 Å². The second-order valence-electron chi connectivity index (χ2n) is 11.9. The standard InChI is InChI=1S/C35H41ClN8O2/c1-4-6-12-25(5-2)21-37-32-31-33(44(23-38-31)22-26-13-8-7-9-14-26)40-35(39-32)43-19-17-42(18-20-43)34(45)29-24(3)46-41-30(29)27-15-10-11-16-28(27)36/h7-11,13-16,23,25H,4-6,12,17-22H2,1-3H3,(H,37,39,40). The van der Waals surface area contributed by atoms with E-state index < -0.39 is 0 Å². The maximum atomic E-state index is 13.8. The summed E-state index contributed by atoms with van der Waals surface area (Å²) in [6.07, 6.45) is 6.55. The lowest BCUT2D eigenvalue weighted by Crippen LogP contribution is -2.49. The van der Waals surface area contributed by atoms with Gasteiger partial charge in [0.25, 0.3) is 5.91 Å². The molecule has 240 valence electrons. The van der Waals surface area contributed by atoms with Gasteiger partial charge in [0.05, 0.1) is 17.9 Å². The Morgan fingerprint density at radius 3 is 2.52 bits per heavy atom. The van der Waals surface area contributed by atoms with E-state index in [1.165, 1.54) is 24.8 Å². The van der Waals surface area contributed by atoms with Crippen molar-refractivity contribution in [3.05, 3.63) is 82.8 Å². The van der Waals surface area contributed by atoms with Crippen LogP contribution >= 0.6 is 11.6 Å². The van der Waals surface area contributed by atoms with Crippen LogP contribution in [0.2, 0.25) is 5.02 Å². The first-order chi connectivity index (χ1) is 22.5. The van der Waals surface area contributed by atoms with E-state index >= 15 is 0 Å². The number of nitrogens with one attached hydrogen (secondary N) is 1. The summed E-state index contributed by atoms with van der Waals surface area (Å²) < 4.78 is 7.56. The monoisotopic (exact) mass is 640 g/mol. The number of carbonyl (C=O) groups excluding carboxylic acids is 1. The highest BCUT2D eigenvalue weighted by Crippen LogP contribution is 2.32. The highest BCUT2D eigenvalue weighted by atomic mass is 35.5.